The summed E-state index contributed by atoms with van der Waals surface area (Å²) in [6.45, 7) is 3.05. The van der Waals surface area contributed by atoms with Gasteiger partial charge in [-0.15, -0.1) is 23.1 Å². The number of carbonyl (C=O) groups is 5. The number of hydrogen-bond acceptors (Lipinski definition) is 10. The number of hydrogen-bond donors (Lipinski definition) is 7. The third-order valence-corrected chi connectivity index (χ3v) is 14.0. The highest BCUT2D eigenvalue weighted by atomic mass is 32.2. The van der Waals surface area contributed by atoms with Crippen molar-refractivity contribution in [1.82, 2.24) is 31.1 Å². The van der Waals surface area contributed by atoms with Crippen LogP contribution < -0.4 is 27.0 Å². The number of fused-ring (bicyclic) bond motifs is 2. The summed E-state index contributed by atoms with van der Waals surface area (Å²) < 4.78 is 12.8. The molecule has 6 rings (SSSR count). The first kappa shape index (κ1) is 43.2. The van der Waals surface area contributed by atoms with Crippen LogP contribution in [0, 0.1) is 0 Å². The third kappa shape index (κ3) is 11.9. The lowest BCUT2D eigenvalue weighted by Crippen LogP contribution is -2.61. The van der Waals surface area contributed by atoms with Crippen LogP contribution in [0.25, 0.3) is 20.9 Å². The lowest BCUT2D eigenvalue weighted by Gasteiger charge is -2.37. The van der Waals surface area contributed by atoms with Crippen molar-refractivity contribution in [2.45, 2.75) is 56.3 Å². The number of thioether (sulfide) groups is 1. The van der Waals surface area contributed by atoms with Gasteiger partial charge in [0.05, 0.1) is 12.0 Å². The Labute approximate surface area is 345 Å². The van der Waals surface area contributed by atoms with Crippen LogP contribution in [0.15, 0.2) is 72.1 Å². The van der Waals surface area contributed by atoms with E-state index in [1.807, 2.05) is 77.0 Å². The van der Waals surface area contributed by atoms with Crippen molar-refractivity contribution in [2.24, 2.45) is 5.73 Å². The van der Waals surface area contributed by atoms with Crippen molar-refractivity contribution in [1.29, 1.82) is 0 Å². The van der Waals surface area contributed by atoms with E-state index in [4.69, 9.17) is 5.73 Å². The molecule has 0 spiro atoms. The normalized spacial score (nSPS) is 18.0. The van der Waals surface area contributed by atoms with Gasteiger partial charge < -0.3 is 41.7 Å². The van der Waals surface area contributed by atoms with Gasteiger partial charge in [0, 0.05) is 56.0 Å². The maximum Gasteiger partial charge on any atom is 0.335 e. The van der Waals surface area contributed by atoms with Gasteiger partial charge in [0.2, 0.25) is 29.5 Å². The smallest absolute Gasteiger partial charge is 0.335 e. The molecule has 15 nitrogen and oxygen atoms in total. The molecule has 18 heteroatoms. The van der Waals surface area contributed by atoms with E-state index in [0.717, 1.165) is 56.8 Å². The Morgan fingerprint density at radius 1 is 0.879 bits per heavy atom. The zero-order chi connectivity index (χ0) is 41.2. The standard InChI is InChI=1S/C40H50N7O8PS2/c41-37(49)31(20-26-12-13-27-7-1-2-8-28(27)19-26)44-39(51)34-10-5-6-16-47(34)40(52)33(24-57-25-56(53,54)55)45-38(50)32(43-36(48)22-46-17-14-42-15-18-46)21-29-23-58-35-11-4-3-9-30(29)35/h1-4,7-9,11-13,19,23,31-34,42H,5-6,10,14-18,20-22,24-25H2,(H2,41,49)(H,43,48)(H,44,51)(H,45,50)(H2,53,54,55)/t31-,32-,33-,34-/m0/s1. The number of nitrogens with zero attached hydrogens (tertiary/aromatic N) is 2. The lowest BCUT2D eigenvalue weighted by atomic mass is 9.98. The van der Waals surface area contributed by atoms with E-state index < -0.39 is 60.9 Å². The van der Waals surface area contributed by atoms with Crippen LogP contribution in [0.3, 0.4) is 0 Å². The van der Waals surface area contributed by atoms with E-state index in [-0.39, 0.29) is 44.0 Å². The molecule has 0 bridgehead atoms. The molecule has 5 amide bonds. The average Bonchev–Trinajstić information content (AvgIpc) is 3.62. The van der Waals surface area contributed by atoms with Gasteiger partial charge >= 0.3 is 7.60 Å². The first-order valence-electron chi connectivity index (χ1n) is 19.3. The van der Waals surface area contributed by atoms with Gasteiger partial charge in [-0.2, -0.15) is 0 Å². The second kappa shape index (κ2) is 20.1. The van der Waals surface area contributed by atoms with Crippen LogP contribution in [-0.4, -0.2) is 124 Å². The molecular formula is C40H50N7O8PS2. The quantitative estimate of drug-likeness (QED) is 0.0761. The summed E-state index contributed by atoms with van der Waals surface area (Å²) in [7, 11) is -4.48. The summed E-state index contributed by atoms with van der Waals surface area (Å²) in [6, 6.07) is 16.7. The molecule has 0 saturated carbocycles. The van der Waals surface area contributed by atoms with Gasteiger partial charge in [-0.25, -0.2) is 0 Å². The molecule has 0 radical (unpaired) electrons. The molecule has 2 saturated heterocycles. The summed E-state index contributed by atoms with van der Waals surface area (Å²) in [4.78, 5) is 91.3. The average molecular weight is 852 g/mol. The Morgan fingerprint density at radius 2 is 1.62 bits per heavy atom. The van der Waals surface area contributed by atoms with E-state index in [0.29, 0.717) is 25.9 Å². The van der Waals surface area contributed by atoms with Crippen LogP contribution in [-0.2, 0) is 41.4 Å². The molecule has 4 atom stereocenters. The Bertz CT molecular complexity index is 2160. The number of nitrogens with one attached hydrogen (secondary N) is 4. The first-order chi connectivity index (χ1) is 27.8. The van der Waals surface area contributed by atoms with Crippen molar-refractivity contribution >= 4 is 81.1 Å². The number of piperidine rings is 1. The van der Waals surface area contributed by atoms with Gasteiger partial charge in [0.15, 0.2) is 0 Å². The van der Waals surface area contributed by atoms with Crippen molar-refractivity contribution in [3.63, 3.8) is 0 Å². The van der Waals surface area contributed by atoms with E-state index in [2.05, 4.69) is 21.3 Å². The van der Waals surface area contributed by atoms with Gasteiger partial charge in [-0.3, -0.25) is 33.4 Å². The summed E-state index contributed by atoms with van der Waals surface area (Å²) in [5.41, 5.74) is 6.80. The molecule has 0 unspecified atom stereocenters. The molecular weight excluding hydrogens is 802 g/mol. The van der Waals surface area contributed by atoms with E-state index in [1.165, 1.54) is 16.2 Å². The maximum atomic E-state index is 14.5. The highest BCUT2D eigenvalue weighted by molar-refractivity contribution is 8.04. The van der Waals surface area contributed by atoms with E-state index in [9.17, 15) is 38.3 Å². The highest BCUT2D eigenvalue weighted by Gasteiger charge is 2.38. The molecule has 0 aliphatic carbocycles. The Morgan fingerprint density at radius 3 is 2.38 bits per heavy atom. The summed E-state index contributed by atoms with van der Waals surface area (Å²) in [5, 5.41) is 16.5. The number of piperazine rings is 1. The number of primary amides is 1. The number of rotatable bonds is 17. The minimum absolute atomic E-state index is 0.0775. The van der Waals surface area contributed by atoms with E-state index in [1.54, 1.807) is 0 Å². The van der Waals surface area contributed by atoms with Crippen molar-refractivity contribution < 1.29 is 38.3 Å². The molecule has 8 N–H and O–H groups in total. The fourth-order valence-electron chi connectivity index (χ4n) is 7.43. The fourth-order valence-corrected chi connectivity index (χ4v) is 10.2. The maximum absolute atomic E-state index is 14.5. The summed E-state index contributed by atoms with van der Waals surface area (Å²) >= 11 is 2.31. The van der Waals surface area contributed by atoms with E-state index >= 15 is 0 Å². The predicted molar refractivity (Wildman–Crippen MR) is 226 cm³/mol. The highest BCUT2D eigenvalue weighted by Crippen LogP contribution is 2.39. The largest absolute Gasteiger partial charge is 0.368 e. The van der Waals surface area contributed by atoms with Crippen molar-refractivity contribution in [3.8, 4) is 0 Å². The molecule has 4 aromatic rings. The second-order valence-corrected chi connectivity index (χ2v) is 18.7. The zero-order valence-electron chi connectivity index (χ0n) is 32.0. The molecule has 58 heavy (non-hydrogen) atoms. The van der Waals surface area contributed by atoms with Crippen LogP contribution in [0.2, 0.25) is 0 Å². The zero-order valence-corrected chi connectivity index (χ0v) is 34.5. The molecule has 1 aromatic heterocycles. The Hall–Kier alpha value is -4.35. The first-order valence-corrected chi connectivity index (χ1v) is 23.2. The third-order valence-electron chi connectivity index (χ3n) is 10.4. The van der Waals surface area contributed by atoms with Crippen LogP contribution in [0.1, 0.15) is 30.4 Å². The van der Waals surface area contributed by atoms with Crippen LogP contribution >= 0.6 is 30.7 Å². The number of amides is 5. The predicted octanol–water partition coefficient (Wildman–Crippen LogP) is 1.93. The molecule has 2 aliphatic heterocycles. The van der Waals surface area contributed by atoms with Crippen molar-refractivity contribution in [3.05, 3.63) is 83.2 Å². The molecule has 3 heterocycles. The van der Waals surface area contributed by atoms with Gasteiger partial charge in [0.25, 0.3) is 0 Å². The molecule has 3 aromatic carbocycles. The number of benzene rings is 3. The minimum Gasteiger partial charge on any atom is -0.368 e. The number of likely N-dealkylation sites (tertiary alicyclic amines) is 1. The van der Waals surface area contributed by atoms with Gasteiger partial charge in [0.1, 0.15) is 24.2 Å². The second-order valence-electron chi connectivity index (χ2n) is 14.7. The van der Waals surface area contributed by atoms with Crippen LogP contribution in [0.5, 0.6) is 0 Å². The Balaban J connectivity index is 1.20. The number of thiophene rings is 1. The molecule has 2 aliphatic rings. The number of carbonyl (C=O) groups excluding carboxylic acids is 5. The van der Waals surface area contributed by atoms with Crippen molar-refractivity contribution in [2.75, 3.05) is 50.5 Å². The Kier molecular flexibility index (Phi) is 15.0. The molecule has 310 valence electrons. The molecule has 2 fully saturated rings. The van der Waals surface area contributed by atoms with Crippen LogP contribution in [0.4, 0.5) is 0 Å². The van der Waals surface area contributed by atoms with Gasteiger partial charge in [-0.05, 0) is 58.0 Å². The monoisotopic (exact) mass is 851 g/mol. The summed E-state index contributed by atoms with van der Waals surface area (Å²) in [5.74, 6) is -3.16. The lowest BCUT2D eigenvalue weighted by molar-refractivity contribution is -0.145. The fraction of sp³-hybridized carbons (Fsp3) is 0.425. The topological polar surface area (TPSA) is 223 Å². The summed E-state index contributed by atoms with van der Waals surface area (Å²) in [6.07, 6.45) is 1.72. The SMILES string of the molecule is NC(=O)[C@H](Cc1ccc2ccccc2c1)NC(=O)[C@@H]1CCCCN1C(=O)[C@H](CSCP(=O)(O)O)NC(=O)[C@H](Cc1csc2ccccc12)NC(=O)CN1CCNCC1. The minimum atomic E-state index is -4.48. The number of nitrogens with two attached hydrogens (primary N) is 1. The van der Waals surface area contributed by atoms with Gasteiger partial charge in [-0.1, -0.05) is 60.7 Å².